The van der Waals surface area contributed by atoms with Crippen molar-refractivity contribution in [3.05, 3.63) is 91.8 Å². The van der Waals surface area contributed by atoms with E-state index >= 15 is 0 Å². The number of methoxy groups -OCH3 is 1. The maximum Gasteiger partial charge on any atom is 0.342 e. The van der Waals surface area contributed by atoms with Crippen molar-refractivity contribution in [2.45, 2.75) is 21.9 Å². The van der Waals surface area contributed by atoms with E-state index in [1.54, 1.807) is 24.3 Å². The summed E-state index contributed by atoms with van der Waals surface area (Å²) in [6, 6.07) is 17.1. The molecular weight excluding hydrogens is 536 g/mol. The summed E-state index contributed by atoms with van der Waals surface area (Å²) in [5.74, 6) is -0.368. The van der Waals surface area contributed by atoms with Crippen molar-refractivity contribution in [2.75, 3.05) is 7.11 Å². The van der Waals surface area contributed by atoms with Crippen LogP contribution in [0.15, 0.2) is 80.5 Å². The minimum atomic E-state index is -1.23. The number of carboxylic acid groups (broad SMARTS) is 1. The number of non-ortho nitro benzene ring substituents is 1. The molecule has 0 aliphatic heterocycles. The van der Waals surface area contributed by atoms with Crippen LogP contribution >= 0.6 is 35.1 Å². The van der Waals surface area contributed by atoms with Gasteiger partial charge in [0, 0.05) is 26.9 Å². The van der Waals surface area contributed by atoms with E-state index in [9.17, 15) is 20.0 Å². The molecule has 4 aromatic rings. The van der Waals surface area contributed by atoms with Gasteiger partial charge in [0.2, 0.25) is 5.16 Å². The predicted molar refractivity (Wildman–Crippen MR) is 143 cm³/mol. The Morgan fingerprint density at radius 3 is 2.59 bits per heavy atom. The molecule has 0 spiro atoms. The molecule has 0 aliphatic carbocycles. The molecular formula is C25H19ClN4O5S2. The number of nitrogens with one attached hydrogen (secondary N) is 1. The van der Waals surface area contributed by atoms with Gasteiger partial charge in [0.05, 0.1) is 17.6 Å². The molecule has 0 unspecified atom stereocenters. The van der Waals surface area contributed by atoms with E-state index in [0.29, 0.717) is 32.6 Å². The molecule has 0 amide bonds. The van der Waals surface area contributed by atoms with Crippen molar-refractivity contribution in [2.24, 2.45) is 0 Å². The van der Waals surface area contributed by atoms with Crippen LogP contribution in [0.5, 0.6) is 5.75 Å². The van der Waals surface area contributed by atoms with Crippen molar-refractivity contribution in [3.63, 3.8) is 0 Å². The molecule has 4 rings (SSSR count). The Balaban J connectivity index is 1.69. The van der Waals surface area contributed by atoms with Crippen molar-refractivity contribution < 1.29 is 19.6 Å². The number of aromatic nitrogens is 3. The van der Waals surface area contributed by atoms with Crippen LogP contribution in [0.2, 0.25) is 5.02 Å². The largest absolute Gasteiger partial charge is 0.496 e. The van der Waals surface area contributed by atoms with E-state index in [2.05, 4.69) is 15.2 Å². The van der Waals surface area contributed by atoms with Crippen molar-refractivity contribution in [1.29, 1.82) is 0 Å². The molecule has 0 atom stereocenters. The van der Waals surface area contributed by atoms with E-state index in [1.807, 2.05) is 31.2 Å². The zero-order valence-electron chi connectivity index (χ0n) is 19.5. The molecule has 2 N–H and O–H groups in total. The molecule has 1 aromatic heterocycles. The third kappa shape index (κ3) is 6.50. The number of aliphatic carboxylic acids is 1. The van der Waals surface area contributed by atoms with Crippen molar-refractivity contribution >= 4 is 52.9 Å². The van der Waals surface area contributed by atoms with Gasteiger partial charge in [0.25, 0.3) is 5.69 Å². The molecule has 37 heavy (non-hydrogen) atoms. The number of nitro benzene ring substituents is 1. The van der Waals surface area contributed by atoms with Gasteiger partial charge in [0.1, 0.15) is 10.7 Å². The van der Waals surface area contributed by atoms with Gasteiger partial charge in [-0.15, -0.1) is 5.10 Å². The number of H-pyrrole nitrogens is 1. The lowest BCUT2D eigenvalue weighted by Crippen LogP contribution is -1.98. The van der Waals surface area contributed by atoms with Gasteiger partial charge in [-0.25, -0.2) is 9.78 Å². The molecule has 0 aliphatic rings. The topological polar surface area (TPSA) is 131 Å². The number of aromatic amines is 1. The SMILES string of the molecule is COc1ccc(Cl)cc1-c1nc(S/C(=C/c2cc([N+](=O)[O-])ccc2Sc2ccc(C)cc2)C(=O)O)n[nH]1. The molecule has 188 valence electrons. The van der Waals surface area contributed by atoms with E-state index in [0.717, 1.165) is 22.2 Å². The lowest BCUT2D eigenvalue weighted by Gasteiger charge is -2.08. The van der Waals surface area contributed by atoms with Crippen LogP contribution in [-0.2, 0) is 4.79 Å². The van der Waals surface area contributed by atoms with Crippen LogP contribution in [-0.4, -0.2) is 38.3 Å². The lowest BCUT2D eigenvalue weighted by atomic mass is 10.2. The normalized spacial score (nSPS) is 11.4. The van der Waals surface area contributed by atoms with Gasteiger partial charge in [0.15, 0.2) is 5.82 Å². The summed E-state index contributed by atoms with van der Waals surface area (Å²) < 4.78 is 5.35. The number of halogens is 1. The first-order chi connectivity index (χ1) is 17.7. The average Bonchev–Trinajstić information content (AvgIpc) is 3.34. The maximum atomic E-state index is 12.1. The first kappa shape index (κ1) is 26.3. The number of ether oxygens (including phenoxy) is 1. The maximum absolute atomic E-state index is 12.1. The Bertz CT molecular complexity index is 1510. The fraction of sp³-hybridized carbons (Fsp3) is 0.0800. The number of aryl methyl sites for hydroxylation is 1. The molecule has 12 heteroatoms. The minimum absolute atomic E-state index is 0.116. The number of carboxylic acids is 1. The Morgan fingerprint density at radius 1 is 1.16 bits per heavy atom. The third-order valence-corrected chi connectivity index (χ3v) is 7.25. The lowest BCUT2D eigenvalue weighted by molar-refractivity contribution is -0.384. The molecule has 3 aromatic carbocycles. The molecule has 0 fully saturated rings. The summed E-state index contributed by atoms with van der Waals surface area (Å²) in [4.78, 5) is 28.8. The van der Waals surface area contributed by atoms with Crippen LogP contribution in [0.1, 0.15) is 11.1 Å². The van der Waals surface area contributed by atoms with Gasteiger partial charge < -0.3 is 9.84 Å². The Kier molecular flexibility index (Phi) is 8.17. The van der Waals surface area contributed by atoms with Crippen molar-refractivity contribution in [1.82, 2.24) is 15.2 Å². The fourth-order valence-corrected chi connectivity index (χ4v) is 5.01. The summed E-state index contributed by atoms with van der Waals surface area (Å²) in [6.45, 7) is 1.97. The molecule has 0 saturated carbocycles. The van der Waals surface area contributed by atoms with Crippen molar-refractivity contribution in [3.8, 4) is 17.1 Å². The second-order valence-electron chi connectivity index (χ2n) is 7.62. The summed E-state index contributed by atoms with van der Waals surface area (Å²) in [7, 11) is 1.51. The van der Waals surface area contributed by atoms with Gasteiger partial charge >= 0.3 is 5.97 Å². The van der Waals surface area contributed by atoms with Gasteiger partial charge in [-0.2, -0.15) is 0 Å². The van der Waals surface area contributed by atoms with Gasteiger partial charge in [-0.05, 0) is 66.7 Å². The first-order valence-electron chi connectivity index (χ1n) is 10.7. The highest BCUT2D eigenvalue weighted by Gasteiger charge is 2.18. The zero-order chi connectivity index (χ0) is 26.5. The number of nitrogens with zero attached hydrogens (tertiary/aromatic N) is 3. The molecule has 0 saturated heterocycles. The van der Waals surface area contributed by atoms with Crippen LogP contribution in [0, 0.1) is 17.0 Å². The highest BCUT2D eigenvalue weighted by molar-refractivity contribution is 8.04. The highest BCUT2D eigenvalue weighted by atomic mass is 35.5. The average molecular weight is 555 g/mol. The number of hydrogen-bond donors (Lipinski definition) is 2. The molecule has 9 nitrogen and oxygen atoms in total. The Morgan fingerprint density at radius 2 is 1.92 bits per heavy atom. The smallest absolute Gasteiger partial charge is 0.342 e. The number of hydrogen-bond acceptors (Lipinski definition) is 8. The first-order valence-corrected chi connectivity index (χ1v) is 12.7. The summed E-state index contributed by atoms with van der Waals surface area (Å²) in [5, 5.41) is 28.8. The number of carbonyl (C=O) groups is 1. The minimum Gasteiger partial charge on any atom is -0.496 e. The van der Waals surface area contributed by atoms with Crippen LogP contribution in [0.4, 0.5) is 5.69 Å². The number of thioether (sulfide) groups is 1. The van der Waals surface area contributed by atoms with Crippen LogP contribution < -0.4 is 4.74 Å². The standard InChI is InChI=1S/C25H19ClN4O5S2/c1-14-3-7-18(8-4-14)36-21-10-6-17(30(33)34)11-15(21)12-22(24(31)32)37-25-27-23(28-29-25)19-13-16(26)5-9-20(19)35-2/h3-13H,1-2H3,(H,31,32)(H,27,28,29)/b22-12+. The monoisotopic (exact) mass is 554 g/mol. The third-order valence-electron chi connectivity index (χ3n) is 5.03. The van der Waals surface area contributed by atoms with E-state index in [1.165, 1.54) is 37.1 Å². The van der Waals surface area contributed by atoms with E-state index in [-0.39, 0.29) is 15.7 Å². The van der Waals surface area contributed by atoms with Gasteiger partial charge in [-0.3, -0.25) is 15.2 Å². The fourth-order valence-electron chi connectivity index (χ4n) is 3.24. The number of rotatable bonds is 9. The second-order valence-corrected chi connectivity index (χ2v) is 10.2. The van der Waals surface area contributed by atoms with E-state index < -0.39 is 10.9 Å². The summed E-state index contributed by atoms with van der Waals surface area (Å²) >= 11 is 8.29. The quantitative estimate of drug-likeness (QED) is 0.100. The highest BCUT2D eigenvalue weighted by Crippen LogP contribution is 2.37. The Labute approximate surface area is 225 Å². The summed E-state index contributed by atoms with van der Waals surface area (Å²) in [6.07, 6.45) is 1.38. The second kappa shape index (κ2) is 11.5. The summed E-state index contributed by atoms with van der Waals surface area (Å²) in [5.41, 5.74) is 1.89. The number of nitro groups is 1. The van der Waals surface area contributed by atoms with Gasteiger partial charge in [-0.1, -0.05) is 41.1 Å². The molecule has 1 heterocycles. The molecule has 0 bridgehead atoms. The zero-order valence-corrected chi connectivity index (χ0v) is 21.9. The predicted octanol–water partition coefficient (Wildman–Crippen LogP) is 6.72. The number of benzene rings is 3. The van der Waals surface area contributed by atoms with Crippen LogP contribution in [0.3, 0.4) is 0 Å². The van der Waals surface area contributed by atoms with E-state index in [4.69, 9.17) is 16.3 Å². The molecule has 0 radical (unpaired) electrons. The Hall–Kier alpha value is -3.80. The van der Waals surface area contributed by atoms with Crippen LogP contribution in [0.25, 0.3) is 17.5 Å².